The first-order chi connectivity index (χ1) is 8.91. The smallest absolute Gasteiger partial charge is 0.240 e. The lowest BCUT2D eigenvalue weighted by Crippen LogP contribution is -2.56. The molecule has 0 saturated heterocycles. The van der Waals surface area contributed by atoms with Crippen molar-refractivity contribution in [2.75, 3.05) is 7.05 Å². The Morgan fingerprint density at radius 2 is 2.26 bits per heavy atom. The van der Waals surface area contributed by atoms with Gasteiger partial charge >= 0.3 is 0 Å². The van der Waals surface area contributed by atoms with E-state index in [0.29, 0.717) is 17.9 Å². The van der Waals surface area contributed by atoms with Crippen LogP contribution in [0.25, 0.3) is 0 Å². The summed E-state index contributed by atoms with van der Waals surface area (Å²) in [5.74, 6) is -0.278. The van der Waals surface area contributed by atoms with E-state index in [4.69, 9.17) is 17.3 Å². The van der Waals surface area contributed by atoms with Gasteiger partial charge in [0.05, 0.1) is 6.10 Å². The molecular weight excluding hydrogens is 264 g/mol. The predicted molar refractivity (Wildman–Crippen MR) is 77.1 cm³/mol. The number of hydrogen-bond acceptors (Lipinski definition) is 3. The molecule has 0 aliphatic carbocycles. The third kappa shape index (κ3) is 4.49. The molecule has 1 aromatic rings. The third-order valence-electron chi connectivity index (χ3n) is 3.16. The SMILES string of the molecule is CCC(O)CC(N)(Cc1cccc(Cl)c1)C(=O)NC. The number of nitrogens with two attached hydrogens (primary N) is 1. The number of aliphatic hydroxyl groups excluding tert-OH is 1. The van der Waals surface area contributed by atoms with Crippen molar-refractivity contribution in [1.82, 2.24) is 5.32 Å². The molecular formula is C14H21ClN2O2. The lowest BCUT2D eigenvalue weighted by molar-refractivity contribution is -0.127. The Morgan fingerprint density at radius 3 is 2.79 bits per heavy atom. The summed E-state index contributed by atoms with van der Waals surface area (Å²) in [7, 11) is 1.54. The van der Waals surface area contributed by atoms with Gasteiger partial charge in [-0.3, -0.25) is 4.79 Å². The second-order valence-corrected chi connectivity index (χ2v) is 5.24. The summed E-state index contributed by atoms with van der Waals surface area (Å²) in [5, 5.41) is 13.0. The summed E-state index contributed by atoms with van der Waals surface area (Å²) in [6.45, 7) is 1.86. The minimum absolute atomic E-state index is 0.218. The molecule has 106 valence electrons. The van der Waals surface area contributed by atoms with Crippen LogP contribution in [0, 0.1) is 0 Å². The lowest BCUT2D eigenvalue weighted by atomic mass is 9.85. The number of rotatable bonds is 6. The zero-order chi connectivity index (χ0) is 14.5. The molecule has 1 amide bonds. The zero-order valence-electron chi connectivity index (χ0n) is 11.3. The van der Waals surface area contributed by atoms with Crippen LogP contribution in [0.4, 0.5) is 0 Å². The van der Waals surface area contributed by atoms with Gasteiger partial charge in [-0.2, -0.15) is 0 Å². The Balaban J connectivity index is 2.94. The Hall–Kier alpha value is -1.10. The fraction of sp³-hybridized carbons (Fsp3) is 0.500. The predicted octanol–water partition coefficient (Wildman–Crippen LogP) is 1.49. The molecule has 0 fully saturated rings. The first-order valence-corrected chi connectivity index (χ1v) is 6.72. The number of likely N-dealkylation sites (N-methyl/N-ethyl adjacent to an activating group) is 1. The maximum absolute atomic E-state index is 12.0. The van der Waals surface area contributed by atoms with Crippen molar-refractivity contribution in [1.29, 1.82) is 0 Å². The van der Waals surface area contributed by atoms with Crippen molar-refractivity contribution in [3.05, 3.63) is 34.9 Å². The molecule has 0 saturated carbocycles. The van der Waals surface area contributed by atoms with Crippen molar-refractivity contribution in [3.8, 4) is 0 Å². The standard InChI is InChI=1S/C14H21ClN2O2/c1-3-12(18)9-14(16,13(19)17-2)8-10-5-4-6-11(15)7-10/h4-7,12,18H,3,8-9,16H2,1-2H3,(H,17,19). The number of aliphatic hydroxyl groups is 1. The van der Waals surface area contributed by atoms with E-state index < -0.39 is 11.6 Å². The van der Waals surface area contributed by atoms with E-state index in [-0.39, 0.29) is 12.3 Å². The van der Waals surface area contributed by atoms with Crippen LogP contribution in [-0.2, 0) is 11.2 Å². The van der Waals surface area contributed by atoms with Gasteiger partial charge in [0.15, 0.2) is 0 Å². The van der Waals surface area contributed by atoms with Crippen LogP contribution in [0.2, 0.25) is 5.02 Å². The van der Waals surface area contributed by atoms with Gasteiger partial charge in [0.25, 0.3) is 0 Å². The lowest BCUT2D eigenvalue weighted by Gasteiger charge is -2.29. The van der Waals surface area contributed by atoms with Gasteiger partial charge in [0.2, 0.25) is 5.91 Å². The molecule has 0 aromatic heterocycles. The van der Waals surface area contributed by atoms with Crippen molar-refractivity contribution in [3.63, 3.8) is 0 Å². The van der Waals surface area contributed by atoms with Gasteiger partial charge in [-0.05, 0) is 30.5 Å². The van der Waals surface area contributed by atoms with E-state index in [1.54, 1.807) is 19.2 Å². The summed E-state index contributed by atoms with van der Waals surface area (Å²) < 4.78 is 0. The van der Waals surface area contributed by atoms with Gasteiger partial charge in [0.1, 0.15) is 5.54 Å². The van der Waals surface area contributed by atoms with E-state index >= 15 is 0 Å². The molecule has 4 N–H and O–H groups in total. The number of amides is 1. The van der Waals surface area contributed by atoms with E-state index in [0.717, 1.165) is 5.56 Å². The molecule has 19 heavy (non-hydrogen) atoms. The second kappa shape index (κ2) is 6.89. The van der Waals surface area contributed by atoms with Crippen molar-refractivity contribution >= 4 is 17.5 Å². The van der Waals surface area contributed by atoms with E-state index in [2.05, 4.69) is 5.32 Å². The van der Waals surface area contributed by atoms with E-state index in [9.17, 15) is 9.90 Å². The van der Waals surface area contributed by atoms with Gasteiger partial charge in [0, 0.05) is 18.5 Å². The highest BCUT2D eigenvalue weighted by Crippen LogP contribution is 2.21. The van der Waals surface area contributed by atoms with Crippen LogP contribution in [0.15, 0.2) is 24.3 Å². The molecule has 0 radical (unpaired) electrons. The largest absolute Gasteiger partial charge is 0.393 e. The summed E-state index contributed by atoms with van der Waals surface area (Å²) in [6, 6.07) is 7.24. The van der Waals surface area contributed by atoms with Crippen LogP contribution in [-0.4, -0.2) is 29.7 Å². The highest BCUT2D eigenvalue weighted by molar-refractivity contribution is 6.30. The Kier molecular flexibility index (Phi) is 5.79. The van der Waals surface area contributed by atoms with Crippen LogP contribution >= 0.6 is 11.6 Å². The summed E-state index contributed by atoms with van der Waals surface area (Å²) in [5.41, 5.74) is 5.94. The minimum Gasteiger partial charge on any atom is -0.393 e. The average molecular weight is 285 g/mol. The Morgan fingerprint density at radius 1 is 1.58 bits per heavy atom. The highest BCUT2D eigenvalue weighted by Gasteiger charge is 2.35. The first kappa shape index (κ1) is 16.0. The maximum Gasteiger partial charge on any atom is 0.240 e. The van der Waals surface area contributed by atoms with Crippen LogP contribution in [0.3, 0.4) is 0 Å². The second-order valence-electron chi connectivity index (χ2n) is 4.81. The number of nitrogens with one attached hydrogen (secondary N) is 1. The minimum atomic E-state index is -1.13. The normalized spacial score (nSPS) is 15.6. The molecule has 4 nitrogen and oxygen atoms in total. The summed E-state index contributed by atoms with van der Waals surface area (Å²) in [4.78, 5) is 12.0. The van der Waals surface area contributed by atoms with E-state index in [1.807, 2.05) is 19.1 Å². The van der Waals surface area contributed by atoms with Crippen molar-refractivity contribution in [2.45, 2.75) is 37.8 Å². The molecule has 5 heteroatoms. The quantitative estimate of drug-likeness (QED) is 0.741. The van der Waals surface area contributed by atoms with Crippen LogP contribution in [0.1, 0.15) is 25.3 Å². The summed E-state index contributed by atoms with van der Waals surface area (Å²) in [6.07, 6.45) is 0.521. The molecule has 1 aromatic carbocycles. The van der Waals surface area contributed by atoms with Crippen molar-refractivity contribution < 1.29 is 9.90 Å². The van der Waals surface area contributed by atoms with Crippen molar-refractivity contribution in [2.24, 2.45) is 5.73 Å². The number of benzene rings is 1. The van der Waals surface area contributed by atoms with Gasteiger partial charge in [-0.25, -0.2) is 0 Å². The van der Waals surface area contributed by atoms with Gasteiger partial charge < -0.3 is 16.2 Å². The molecule has 2 unspecified atom stereocenters. The molecule has 1 rings (SSSR count). The number of carbonyl (C=O) groups excluding carboxylic acids is 1. The Bertz CT molecular complexity index is 439. The fourth-order valence-electron chi connectivity index (χ4n) is 2.07. The molecule has 0 aliphatic rings. The summed E-state index contributed by atoms with van der Waals surface area (Å²) >= 11 is 5.93. The van der Waals surface area contributed by atoms with Crippen LogP contribution in [0.5, 0.6) is 0 Å². The third-order valence-corrected chi connectivity index (χ3v) is 3.39. The first-order valence-electron chi connectivity index (χ1n) is 6.35. The number of halogens is 1. The monoisotopic (exact) mass is 284 g/mol. The van der Waals surface area contributed by atoms with Gasteiger partial charge in [-0.15, -0.1) is 0 Å². The molecule has 0 aliphatic heterocycles. The maximum atomic E-state index is 12.0. The molecule has 0 heterocycles. The van der Waals surface area contributed by atoms with E-state index in [1.165, 1.54) is 0 Å². The number of hydrogen-bond donors (Lipinski definition) is 3. The molecule has 0 spiro atoms. The zero-order valence-corrected chi connectivity index (χ0v) is 12.1. The average Bonchev–Trinajstić information content (AvgIpc) is 2.37. The fourth-order valence-corrected chi connectivity index (χ4v) is 2.28. The van der Waals surface area contributed by atoms with Crippen LogP contribution < -0.4 is 11.1 Å². The van der Waals surface area contributed by atoms with Gasteiger partial charge in [-0.1, -0.05) is 30.7 Å². The topological polar surface area (TPSA) is 75.3 Å². The molecule has 0 bridgehead atoms. The highest BCUT2D eigenvalue weighted by atomic mass is 35.5. The molecule has 2 atom stereocenters. The Labute approximate surface area is 118 Å². The number of carbonyl (C=O) groups is 1.